The molecule has 0 amide bonds. The van der Waals surface area contributed by atoms with Crippen LogP contribution in [0.1, 0.15) is 11.3 Å². The van der Waals surface area contributed by atoms with E-state index in [1.807, 2.05) is 0 Å². The number of aryl methyl sites for hydroxylation is 1. The van der Waals surface area contributed by atoms with Crippen molar-refractivity contribution in [3.63, 3.8) is 0 Å². The van der Waals surface area contributed by atoms with Crippen LogP contribution in [0.5, 0.6) is 0 Å². The van der Waals surface area contributed by atoms with E-state index in [0.29, 0.717) is 5.69 Å². The van der Waals surface area contributed by atoms with Crippen molar-refractivity contribution in [2.24, 2.45) is 0 Å². The summed E-state index contributed by atoms with van der Waals surface area (Å²) in [6.07, 6.45) is 1.04. The van der Waals surface area contributed by atoms with Crippen LogP contribution in [0.4, 0.5) is 8.78 Å². The lowest BCUT2D eigenvalue weighted by Crippen LogP contribution is -2.16. The van der Waals surface area contributed by atoms with Gasteiger partial charge in [-0.3, -0.25) is 9.59 Å². The maximum Gasteiger partial charge on any atom is 0.226 e. The predicted molar refractivity (Wildman–Crippen MR) is 71.3 cm³/mol. The molecule has 104 valence electrons. The molecule has 0 aliphatic heterocycles. The molecule has 0 atom stereocenters. The Bertz CT molecular complexity index is 740. The molecule has 0 radical (unpaired) electrons. The number of aromatic nitrogens is 1. The monoisotopic (exact) mass is 297 g/mol. The van der Waals surface area contributed by atoms with Crippen LogP contribution in [0.3, 0.4) is 0 Å². The van der Waals surface area contributed by atoms with Gasteiger partial charge in [0.2, 0.25) is 5.24 Å². The van der Waals surface area contributed by atoms with Crippen molar-refractivity contribution in [2.45, 2.75) is 13.3 Å². The number of nitrogens with zero attached hydrogens (tertiary/aromatic N) is 1. The lowest BCUT2D eigenvalue weighted by molar-refractivity contribution is -0.111. The van der Waals surface area contributed by atoms with Gasteiger partial charge in [0, 0.05) is 29.6 Å². The van der Waals surface area contributed by atoms with Gasteiger partial charge in [-0.25, -0.2) is 8.78 Å². The first-order valence-electron chi connectivity index (χ1n) is 5.74. The van der Waals surface area contributed by atoms with E-state index in [4.69, 9.17) is 11.6 Å². The highest BCUT2D eigenvalue weighted by molar-refractivity contribution is 6.63. The molecule has 0 bridgehead atoms. The average Bonchev–Trinajstić information content (AvgIpc) is 2.35. The van der Waals surface area contributed by atoms with Gasteiger partial charge in [0.05, 0.1) is 12.1 Å². The fourth-order valence-corrected chi connectivity index (χ4v) is 2.03. The number of carbonyl (C=O) groups is 1. The third kappa shape index (κ3) is 2.93. The van der Waals surface area contributed by atoms with Gasteiger partial charge in [-0.2, -0.15) is 0 Å². The number of hydrogen-bond acceptors (Lipinski definition) is 2. The van der Waals surface area contributed by atoms with E-state index in [2.05, 4.69) is 0 Å². The van der Waals surface area contributed by atoms with Gasteiger partial charge in [0.1, 0.15) is 11.6 Å². The van der Waals surface area contributed by atoms with Crippen molar-refractivity contribution < 1.29 is 13.6 Å². The minimum atomic E-state index is -0.697. The zero-order valence-electron chi connectivity index (χ0n) is 10.5. The summed E-state index contributed by atoms with van der Waals surface area (Å²) in [5, 5.41) is -0.697. The maximum absolute atomic E-state index is 13.8. The van der Waals surface area contributed by atoms with E-state index in [1.54, 1.807) is 6.92 Å². The number of pyridine rings is 1. The molecule has 0 aliphatic carbocycles. The first kappa shape index (κ1) is 14.4. The van der Waals surface area contributed by atoms with E-state index >= 15 is 0 Å². The van der Waals surface area contributed by atoms with Crippen LogP contribution < -0.4 is 5.43 Å². The van der Waals surface area contributed by atoms with Gasteiger partial charge in [-0.15, -0.1) is 0 Å². The Morgan fingerprint density at radius 2 is 2.00 bits per heavy atom. The Morgan fingerprint density at radius 3 is 2.65 bits per heavy atom. The molecule has 1 aromatic heterocycles. The third-order valence-corrected chi connectivity index (χ3v) is 2.95. The summed E-state index contributed by atoms with van der Waals surface area (Å²) in [5.74, 6) is -1.24. The molecule has 0 aliphatic rings. The molecule has 2 rings (SSSR count). The molecule has 0 saturated heterocycles. The molecule has 1 aromatic carbocycles. The molecule has 0 unspecified atom stereocenters. The van der Waals surface area contributed by atoms with Crippen molar-refractivity contribution in [1.82, 2.24) is 4.57 Å². The molecular weight excluding hydrogens is 288 g/mol. The Labute approximate surface area is 118 Å². The van der Waals surface area contributed by atoms with Crippen LogP contribution in [0.25, 0.3) is 5.69 Å². The molecule has 0 saturated carbocycles. The summed E-state index contributed by atoms with van der Waals surface area (Å²) in [5.41, 5.74) is 0.139. The van der Waals surface area contributed by atoms with E-state index < -0.39 is 16.9 Å². The molecular formula is C14H10ClF2NO2. The van der Waals surface area contributed by atoms with Crippen molar-refractivity contribution in [1.29, 1.82) is 0 Å². The van der Waals surface area contributed by atoms with Crippen molar-refractivity contribution >= 4 is 16.8 Å². The summed E-state index contributed by atoms with van der Waals surface area (Å²) in [4.78, 5) is 22.6. The molecule has 0 spiro atoms. The SMILES string of the molecule is Cc1cc(=O)c(CC(=O)Cl)cn1-c1cc(F)ccc1F. The summed E-state index contributed by atoms with van der Waals surface area (Å²) < 4.78 is 28.3. The third-order valence-electron chi connectivity index (χ3n) is 2.82. The Balaban J connectivity index is 2.64. The lowest BCUT2D eigenvalue weighted by Gasteiger charge is -2.13. The number of rotatable bonds is 3. The smallest absolute Gasteiger partial charge is 0.226 e. The minimum Gasteiger partial charge on any atom is -0.318 e. The molecule has 2 aromatic rings. The summed E-state index contributed by atoms with van der Waals surface area (Å²) >= 11 is 5.26. The van der Waals surface area contributed by atoms with Crippen molar-refractivity contribution in [3.05, 3.63) is 63.6 Å². The van der Waals surface area contributed by atoms with E-state index in [-0.39, 0.29) is 23.1 Å². The first-order valence-corrected chi connectivity index (χ1v) is 6.12. The zero-order valence-corrected chi connectivity index (χ0v) is 11.2. The molecule has 0 N–H and O–H groups in total. The Kier molecular flexibility index (Phi) is 3.99. The standard InChI is InChI=1S/C14H10ClF2NO2/c1-8-4-13(19)9(5-14(15)20)7-18(8)12-6-10(16)2-3-11(12)17/h2-4,6-7H,5H2,1H3. The van der Waals surface area contributed by atoms with Gasteiger partial charge in [0.25, 0.3) is 0 Å². The fraction of sp³-hybridized carbons (Fsp3) is 0.143. The number of halogens is 3. The summed E-state index contributed by atoms with van der Waals surface area (Å²) in [6, 6.07) is 4.26. The van der Waals surface area contributed by atoms with Gasteiger partial charge in [0.15, 0.2) is 5.43 Å². The van der Waals surface area contributed by atoms with Gasteiger partial charge >= 0.3 is 0 Å². The first-order chi connectivity index (χ1) is 9.38. The second-order valence-corrected chi connectivity index (χ2v) is 4.72. The Morgan fingerprint density at radius 1 is 1.30 bits per heavy atom. The highest BCUT2D eigenvalue weighted by Crippen LogP contribution is 2.17. The second-order valence-electron chi connectivity index (χ2n) is 4.30. The fourth-order valence-electron chi connectivity index (χ4n) is 1.89. The Hall–Kier alpha value is -2.01. The van der Waals surface area contributed by atoms with Crippen LogP contribution in [0.15, 0.2) is 35.3 Å². The van der Waals surface area contributed by atoms with E-state index in [0.717, 1.165) is 18.2 Å². The van der Waals surface area contributed by atoms with Crippen LogP contribution in [0.2, 0.25) is 0 Å². The number of benzene rings is 1. The second kappa shape index (κ2) is 5.54. The zero-order chi connectivity index (χ0) is 14.9. The van der Waals surface area contributed by atoms with E-state index in [9.17, 15) is 18.4 Å². The molecule has 1 heterocycles. The van der Waals surface area contributed by atoms with Crippen LogP contribution >= 0.6 is 11.6 Å². The largest absolute Gasteiger partial charge is 0.318 e. The topological polar surface area (TPSA) is 39.1 Å². The molecule has 6 heteroatoms. The normalized spacial score (nSPS) is 10.6. The van der Waals surface area contributed by atoms with Gasteiger partial charge in [-0.05, 0) is 30.7 Å². The predicted octanol–water partition coefficient (Wildman–Crippen LogP) is 2.73. The highest BCUT2D eigenvalue weighted by Gasteiger charge is 2.12. The van der Waals surface area contributed by atoms with Gasteiger partial charge < -0.3 is 4.57 Å². The molecule has 3 nitrogen and oxygen atoms in total. The maximum atomic E-state index is 13.8. The molecule has 20 heavy (non-hydrogen) atoms. The minimum absolute atomic E-state index is 0.0363. The number of carbonyl (C=O) groups excluding carboxylic acids is 1. The van der Waals surface area contributed by atoms with Crippen LogP contribution in [-0.4, -0.2) is 9.81 Å². The van der Waals surface area contributed by atoms with Crippen LogP contribution in [0, 0.1) is 18.6 Å². The van der Waals surface area contributed by atoms with Crippen molar-refractivity contribution in [2.75, 3.05) is 0 Å². The van der Waals surface area contributed by atoms with Gasteiger partial charge in [-0.1, -0.05) is 0 Å². The lowest BCUT2D eigenvalue weighted by atomic mass is 10.1. The highest BCUT2D eigenvalue weighted by atomic mass is 35.5. The summed E-state index contributed by atoms with van der Waals surface area (Å²) in [7, 11) is 0. The molecule has 0 fully saturated rings. The average molecular weight is 298 g/mol. The summed E-state index contributed by atoms with van der Waals surface area (Å²) in [6.45, 7) is 1.58. The number of hydrogen-bond donors (Lipinski definition) is 0. The quantitative estimate of drug-likeness (QED) is 0.817. The van der Waals surface area contributed by atoms with E-state index in [1.165, 1.54) is 16.8 Å². The van der Waals surface area contributed by atoms with Crippen LogP contribution in [-0.2, 0) is 11.2 Å². The van der Waals surface area contributed by atoms with Crippen molar-refractivity contribution in [3.8, 4) is 5.69 Å².